The molecule has 0 aliphatic rings. The van der Waals surface area contributed by atoms with Gasteiger partial charge in [-0.3, -0.25) is 0 Å². The molecule has 2 nitrogen and oxygen atoms in total. The van der Waals surface area contributed by atoms with E-state index >= 15 is 0 Å². The average molecular weight is 475 g/mol. The minimum atomic E-state index is -1.70. The lowest BCUT2D eigenvalue weighted by atomic mass is 10.3. The fourth-order valence-corrected chi connectivity index (χ4v) is 22.1. The van der Waals surface area contributed by atoms with Crippen LogP contribution in [0.5, 0.6) is 0 Å². The predicted octanol–water partition coefficient (Wildman–Crippen LogP) is 9.70. The zero-order valence-corrected chi connectivity index (χ0v) is 24.9. The van der Waals surface area contributed by atoms with Crippen molar-refractivity contribution in [3.05, 3.63) is 24.8 Å². The van der Waals surface area contributed by atoms with Crippen LogP contribution in [0, 0.1) is 0 Å². The summed E-state index contributed by atoms with van der Waals surface area (Å²) in [5.74, 6) is 0. The van der Waals surface area contributed by atoms with E-state index < -0.39 is 16.5 Å². The van der Waals surface area contributed by atoms with Gasteiger partial charge in [-0.2, -0.15) is 0 Å². The Morgan fingerprint density at radius 3 is 0.968 bits per heavy atom. The number of nitrogens with zero attached hydrogens (tertiary/aromatic N) is 2. The molecule has 3 aromatic heterocycles. The molecule has 0 aliphatic carbocycles. The highest BCUT2D eigenvalue weighted by Crippen LogP contribution is 2.47. The molecule has 3 heterocycles. The third kappa shape index (κ3) is 3.45. The van der Waals surface area contributed by atoms with Gasteiger partial charge in [0.15, 0.2) is 16.5 Å². The van der Waals surface area contributed by atoms with Crippen molar-refractivity contribution in [1.29, 1.82) is 0 Å². The van der Waals surface area contributed by atoms with Crippen molar-refractivity contribution in [2.24, 2.45) is 0 Å². The topological polar surface area (TPSA) is 9.86 Å². The van der Waals surface area contributed by atoms with E-state index in [0.29, 0.717) is 0 Å². The van der Waals surface area contributed by atoms with Crippen LogP contribution in [0.15, 0.2) is 24.8 Å². The van der Waals surface area contributed by atoms with Gasteiger partial charge in [0, 0.05) is 35.6 Å². The van der Waals surface area contributed by atoms with Gasteiger partial charge in [0.05, 0.1) is 9.40 Å². The van der Waals surface area contributed by atoms with Gasteiger partial charge in [0.1, 0.15) is 0 Å². The lowest BCUT2D eigenvalue weighted by Crippen LogP contribution is -2.51. The Kier molecular flexibility index (Phi) is 6.84. The number of hydrogen-bond donors (Lipinski definition) is 0. The molecule has 0 spiro atoms. The zero-order valence-electron chi connectivity index (χ0n) is 22.1. The molecule has 0 bridgehead atoms. The first-order valence-electron chi connectivity index (χ1n) is 12.5. The monoisotopic (exact) mass is 474 g/mol. The van der Waals surface area contributed by atoms with E-state index in [9.17, 15) is 0 Å². The highest BCUT2D eigenvalue weighted by molar-refractivity contribution is 7.26. The standard InChI is InChI=1S/C26H46N2SSi2/c1-17(2)30(18(3)4,19(5)6)27-13-23-24-14-28(16-26(24)29-25(23)15-27)31(20(7)8,21(9)10)22(11)12/h13-22H,1-12H3. The summed E-state index contributed by atoms with van der Waals surface area (Å²) in [4.78, 5) is 0. The van der Waals surface area contributed by atoms with E-state index in [-0.39, 0.29) is 0 Å². The molecule has 0 fully saturated rings. The molecule has 0 amide bonds. The quantitative estimate of drug-likeness (QED) is 0.287. The van der Waals surface area contributed by atoms with Crippen LogP contribution >= 0.6 is 11.3 Å². The van der Waals surface area contributed by atoms with Gasteiger partial charge in [0.2, 0.25) is 0 Å². The second-order valence-electron chi connectivity index (χ2n) is 11.7. The summed E-state index contributed by atoms with van der Waals surface area (Å²) in [6.07, 6.45) is 10.1. The van der Waals surface area contributed by atoms with Crippen LogP contribution in [0.3, 0.4) is 0 Å². The van der Waals surface area contributed by atoms with Crippen molar-refractivity contribution in [2.45, 2.75) is 116 Å². The minimum absolute atomic E-state index is 0.719. The van der Waals surface area contributed by atoms with Crippen LogP contribution in [0.1, 0.15) is 83.1 Å². The Bertz CT molecular complexity index is 908. The number of aromatic nitrogens is 2. The highest BCUT2D eigenvalue weighted by Gasteiger charge is 2.46. The van der Waals surface area contributed by atoms with Crippen LogP contribution < -0.4 is 0 Å². The van der Waals surface area contributed by atoms with Gasteiger partial charge in [-0.25, -0.2) is 0 Å². The van der Waals surface area contributed by atoms with Gasteiger partial charge < -0.3 is 8.47 Å². The third-order valence-electron chi connectivity index (χ3n) is 8.53. The maximum atomic E-state index is 2.73. The van der Waals surface area contributed by atoms with Crippen molar-refractivity contribution < 1.29 is 0 Å². The average Bonchev–Trinajstić information content (AvgIpc) is 3.25. The van der Waals surface area contributed by atoms with Gasteiger partial charge in [-0.05, 0) is 33.2 Å². The molecule has 0 atom stereocenters. The zero-order chi connectivity index (χ0) is 23.5. The van der Waals surface area contributed by atoms with E-state index in [0.717, 1.165) is 33.2 Å². The van der Waals surface area contributed by atoms with Gasteiger partial charge in [-0.15, -0.1) is 11.3 Å². The summed E-state index contributed by atoms with van der Waals surface area (Å²) < 4.78 is 8.40. The van der Waals surface area contributed by atoms with Crippen LogP contribution in [-0.4, -0.2) is 24.9 Å². The smallest absolute Gasteiger partial charge is 0.168 e. The first-order valence-corrected chi connectivity index (χ1v) is 17.6. The number of rotatable bonds is 8. The van der Waals surface area contributed by atoms with Crippen LogP contribution in [-0.2, 0) is 0 Å². The molecule has 0 unspecified atom stereocenters. The molecule has 3 rings (SSSR count). The van der Waals surface area contributed by atoms with Gasteiger partial charge >= 0.3 is 0 Å². The Labute approximate surface area is 197 Å². The third-order valence-corrected chi connectivity index (χ3v) is 23.0. The second-order valence-corrected chi connectivity index (χ2v) is 24.3. The lowest BCUT2D eigenvalue weighted by molar-refractivity contribution is 0.766. The normalized spacial score (nSPS) is 14.3. The largest absolute Gasteiger partial charge is 0.378 e. The van der Waals surface area contributed by atoms with Crippen molar-refractivity contribution >= 4 is 48.0 Å². The van der Waals surface area contributed by atoms with Crippen LogP contribution in [0.2, 0.25) is 33.2 Å². The molecular formula is C26H46N2SSi2. The SMILES string of the molecule is CC(C)[Si](C(C)C)(C(C)C)n1cc2sc3cn([Si](C(C)C)(C(C)C)C(C)C)cc3c2c1. The summed E-state index contributed by atoms with van der Waals surface area (Å²) in [5, 5.41) is 2.97. The van der Waals surface area contributed by atoms with E-state index in [4.69, 9.17) is 0 Å². The summed E-state index contributed by atoms with van der Waals surface area (Å²) >= 11 is 2.01. The molecule has 3 aromatic rings. The molecular weight excluding hydrogens is 429 g/mol. The number of thiophene rings is 1. The molecule has 174 valence electrons. The Morgan fingerprint density at radius 2 is 0.742 bits per heavy atom. The van der Waals surface area contributed by atoms with E-state index in [1.54, 1.807) is 0 Å². The van der Waals surface area contributed by atoms with Crippen molar-refractivity contribution in [1.82, 2.24) is 8.47 Å². The first kappa shape index (κ1) is 24.8. The highest BCUT2D eigenvalue weighted by atomic mass is 32.1. The van der Waals surface area contributed by atoms with Gasteiger partial charge in [-0.1, -0.05) is 83.1 Å². The molecule has 5 heteroatoms. The summed E-state index contributed by atoms with van der Waals surface area (Å²) in [7, 11) is -3.39. The fraction of sp³-hybridized carbons (Fsp3) is 0.692. The first-order chi connectivity index (χ1) is 14.3. The molecule has 0 aromatic carbocycles. The molecule has 0 aliphatic heterocycles. The minimum Gasteiger partial charge on any atom is -0.378 e. The van der Waals surface area contributed by atoms with Crippen molar-refractivity contribution in [3.8, 4) is 0 Å². The molecule has 0 saturated carbocycles. The van der Waals surface area contributed by atoms with Crippen LogP contribution in [0.4, 0.5) is 0 Å². The fourth-order valence-electron chi connectivity index (χ4n) is 7.79. The summed E-state index contributed by atoms with van der Waals surface area (Å²) in [6, 6.07) is 0. The number of fused-ring (bicyclic) bond motifs is 3. The summed E-state index contributed by atoms with van der Waals surface area (Å²) in [5.41, 5.74) is 4.32. The van der Waals surface area contributed by atoms with Crippen molar-refractivity contribution in [2.75, 3.05) is 0 Å². The predicted molar refractivity (Wildman–Crippen MR) is 148 cm³/mol. The maximum Gasteiger partial charge on any atom is 0.168 e. The molecule has 0 saturated heterocycles. The summed E-state index contributed by atoms with van der Waals surface area (Å²) in [6.45, 7) is 29.5. The Balaban J connectivity index is 2.24. The molecule has 0 N–H and O–H groups in total. The lowest BCUT2D eigenvalue weighted by Gasteiger charge is -2.44. The molecule has 31 heavy (non-hydrogen) atoms. The Morgan fingerprint density at radius 1 is 0.484 bits per heavy atom. The van der Waals surface area contributed by atoms with E-state index in [1.165, 1.54) is 20.2 Å². The maximum absolute atomic E-state index is 2.73. The second kappa shape index (κ2) is 8.53. The van der Waals surface area contributed by atoms with Gasteiger partial charge in [0.25, 0.3) is 0 Å². The Hall–Kier alpha value is -0.786. The van der Waals surface area contributed by atoms with Crippen molar-refractivity contribution in [3.63, 3.8) is 0 Å². The molecule has 0 radical (unpaired) electrons. The van der Waals surface area contributed by atoms with Crippen LogP contribution in [0.25, 0.3) is 20.2 Å². The van der Waals surface area contributed by atoms with E-state index in [2.05, 4.69) is 116 Å². The number of hydrogen-bond acceptors (Lipinski definition) is 1. The van der Waals surface area contributed by atoms with E-state index in [1.807, 2.05) is 11.3 Å².